The molecule has 128 valence electrons. The summed E-state index contributed by atoms with van der Waals surface area (Å²) in [6.45, 7) is 0.744. The van der Waals surface area contributed by atoms with Crippen molar-refractivity contribution >= 4 is 17.7 Å². The summed E-state index contributed by atoms with van der Waals surface area (Å²) < 4.78 is 2.21. The predicted octanol–water partition coefficient (Wildman–Crippen LogP) is 2.79. The number of likely N-dealkylation sites (N-methyl/N-ethyl adjacent to an activating group) is 1. The highest BCUT2D eigenvalue weighted by molar-refractivity contribution is 7.98. The molecule has 0 amide bonds. The molecule has 2 heterocycles. The molecule has 2 atom stereocenters. The van der Waals surface area contributed by atoms with Gasteiger partial charge in [-0.1, -0.05) is 30.3 Å². The van der Waals surface area contributed by atoms with E-state index >= 15 is 0 Å². The number of carbonyl (C=O) groups is 1. The Morgan fingerprint density at radius 2 is 2.12 bits per heavy atom. The summed E-state index contributed by atoms with van der Waals surface area (Å²) in [7, 11) is 1.88. The Morgan fingerprint density at radius 1 is 1.38 bits per heavy atom. The lowest BCUT2D eigenvalue weighted by Gasteiger charge is -2.16. The molecule has 3 rings (SSSR count). The summed E-state index contributed by atoms with van der Waals surface area (Å²) in [5, 5.41) is 9.37. The van der Waals surface area contributed by atoms with E-state index in [1.165, 1.54) is 5.69 Å². The molecule has 0 aliphatic carbocycles. The monoisotopic (exact) mass is 345 g/mol. The Bertz CT molecular complexity index is 702. The topological polar surface area (TPSA) is 58.4 Å². The number of nitrogens with zero attached hydrogens (tertiary/aromatic N) is 3. The molecule has 0 spiro atoms. The average Bonchev–Trinajstić information content (AvgIpc) is 3.17. The number of hydrogen-bond donors (Lipinski definition) is 1. The molecule has 1 N–H and O–H groups in total. The number of likely N-dealkylation sites (tertiary alicyclic amines) is 1. The second-order valence-electron chi connectivity index (χ2n) is 6.24. The molecule has 1 fully saturated rings. The van der Waals surface area contributed by atoms with Gasteiger partial charge in [-0.3, -0.25) is 9.69 Å². The fourth-order valence-electron chi connectivity index (χ4n) is 3.45. The third-order valence-electron chi connectivity index (χ3n) is 4.69. The zero-order chi connectivity index (χ0) is 17.1. The first-order valence-electron chi connectivity index (χ1n) is 8.15. The highest BCUT2D eigenvalue weighted by Crippen LogP contribution is 2.31. The van der Waals surface area contributed by atoms with Gasteiger partial charge in [0.05, 0.1) is 12.0 Å². The Balaban J connectivity index is 1.94. The van der Waals surface area contributed by atoms with Crippen LogP contribution in [0.25, 0.3) is 11.3 Å². The van der Waals surface area contributed by atoms with Crippen molar-refractivity contribution in [2.45, 2.75) is 24.9 Å². The molecule has 6 heteroatoms. The van der Waals surface area contributed by atoms with Crippen molar-refractivity contribution in [1.29, 1.82) is 0 Å². The SMILES string of the molecule is CSCCc1c(-c2ccccc2)ncn1[C@H]1C[C@@H](C(=O)O)N(C)C1. The molecule has 1 saturated heterocycles. The summed E-state index contributed by atoms with van der Waals surface area (Å²) in [5.74, 6) is 0.283. The lowest BCUT2D eigenvalue weighted by molar-refractivity contribution is -0.141. The van der Waals surface area contributed by atoms with Gasteiger partial charge in [0.1, 0.15) is 6.04 Å². The zero-order valence-electron chi connectivity index (χ0n) is 14.1. The van der Waals surface area contributed by atoms with Crippen LogP contribution in [0.4, 0.5) is 0 Å². The van der Waals surface area contributed by atoms with Gasteiger partial charge in [-0.25, -0.2) is 4.98 Å². The number of carboxylic acid groups (broad SMARTS) is 1. The van der Waals surface area contributed by atoms with Crippen molar-refractivity contribution in [2.75, 3.05) is 25.6 Å². The van der Waals surface area contributed by atoms with E-state index in [1.807, 2.05) is 48.2 Å². The number of aromatic nitrogens is 2. The Labute approximate surface area is 146 Å². The van der Waals surface area contributed by atoms with Gasteiger partial charge in [0.15, 0.2) is 0 Å². The van der Waals surface area contributed by atoms with Crippen LogP contribution in [0.15, 0.2) is 36.7 Å². The first-order chi connectivity index (χ1) is 11.6. The quantitative estimate of drug-likeness (QED) is 0.872. The average molecular weight is 345 g/mol. The van der Waals surface area contributed by atoms with Crippen LogP contribution in [0.3, 0.4) is 0 Å². The zero-order valence-corrected chi connectivity index (χ0v) is 14.9. The molecule has 0 saturated carbocycles. The van der Waals surface area contributed by atoms with Gasteiger partial charge in [-0.15, -0.1) is 0 Å². The Kier molecular flexibility index (Phi) is 5.26. The lowest BCUT2D eigenvalue weighted by Crippen LogP contribution is -2.32. The molecule has 1 aliphatic rings. The van der Waals surface area contributed by atoms with E-state index in [4.69, 9.17) is 0 Å². The summed E-state index contributed by atoms with van der Waals surface area (Å²) in [6.07, 6.45) is 5.56. The van der Waals surface area contributed by atoms with Gasteiger partial charge >= 0.3 is 5.97 Å². The second-order valence-corrected chi connectivity index (χ2v) is 7.22. The van der Waals surface area contributed by atoms with E-state index in [0.717, 1.165) is 30.0 Å². The molecule has 1 aromatic carbocycles. The van der Waals surface area contributed by atoms with Crippen molar-refractivity contribution in [3.63, 3.8) is 0 Å². The summed E-state index contributed by atoms with van der Waals surface area (Å²) in [5.41, 5.74) is 3.35. The van der Waals surface area contributed by atoms with Crippen LogP contribution in [0.1, 0.15) is 18.2 Å². The predicted molar refractivity (Wildman–Crippen MR) is 97.5 cm³/mol. The minimum atomic E-state index is -0.742. The van der Waals surface area contributed by atoms with Crippen LogP contribution in [-0.4, -0.2) is 57.2 Å². The van der Waals surface area contributed by atoms with E-state index in [1.54, 1.807) is 0 Å². The van der Waals surface area contributed by atoms with Gasteiger partial charge in [0.25, 0.3) is 0 Å². The van der Waals surface area contributed by atoms with Crippen LogP contribution in [0, 0.1) is 0 Å². The van der Waals surface area contributed by atoms with Crippen molar-refractivity contribution in [3.05, 3.63) is 42.4 Å². The van der Waals surface area contributed by atoms with Gasteiger partial charge in [0, 0.05) is 23.8 Å². The van der Waals surface area contributed by atoms with Crippen LogP contribution in [-0.2, 0) is 11.2 Å². The molecule has 5 nitrogen and oxygen atoms in total. The molecule has 0 bridgehead atoms. The van der Waals surface area contributed by atoms with Crippen molar-refractivity contribution in [2.24, 2.45) is 0 Å². The largest absolute Gasteiger partial charge is 0.480 e. The van der Waals surface area contributed by atoms with E-state index in [9.17, 15) is 9.90 Å². The van der Waals surface area contributed by atoms with Crippen molar-refractivity contribution in [1.82, 2.24) is 14.5 Å². The van der Waals surface area contributed by atoms with Gasteiger partial charge < -0.3 is 9.67 Å². The standard InChI is InChI=1S/C18H23N3O2S/c1-20-11-14(10-16(20)18(22)23)21-12-19-17(15(21)8-9-24-2)13-6-4-3-5-7-13/h3-7,12,14,16H,8-11H2,1-2H3,(H,22,23)/t14-,16-/m0/s1. The highest BCUT2D eigenvalue weighted by Gasteiger charge is 2.36. The Morgan fingerprint density at radius 3 is 2.75 bits per heavy atom. The second kappa shape index (κ2) is 7.40. The number of hydrogen-bond acceptors (Lipinski definition) is 4. The van der Waals surface area contributed by atoms with E-state index in [0.29, 0.717) is 6.42 Å². The number of benzene rings is 1. The van der Waals surface area contributed by atoms with Crippen LogP contribution in [0.2, 0.25) is 0 Å². The smallest absolute Gasteiger partial charge is 0.320 e. The van der Waals surface area contributed by atoms with Crippen LogP contribution >= 0.6 is 11.8 Å². The summed E-state index contributed by atoms with van der Waals surface area (Å²) in [4.78, 5) is 18.0. The molecule has 24 heavy (non-hydrogen) atoms. The minimum absolute atomic E-state index is 0.165. The van der Waals surface area contributed by atoms with Gasteiger partial charge in [-0.2, -0.15) is 11.8 Å². The fraction of sp³-hybridized carbons (Fsp3) is 0.444. The van der Waals surface area contributed by atoms with E-state index in [-0.39, 0.29) is 6.04 Å². The first-order valence-corrected chi connectivity index (χ1v) is 9.54. The van der Waals surface area contributed by atoms with Crippen molar-refractivity contribution < 1.29 is 9.90 Å². The maximum atomic E-state index is 11.4. The lowest BCUT2D eigenvalue weighted by atomic mass is 10.1. The number of thioether (sulfide) groups is 1. The third-order valence-corrected chi connectivity index (χ3v) is 5.30. The molecule has 0 radical (unpaired) electrons. The van der Waals surface area contributed by atoms with E-state index in [2.05, 4.69) is 27.9 Å². The number of carboxylic acids is 1. The van der Waals surface area contributed by atoms with Gasteiger partial charge in [0.2, 0.25) is 0 Å². The maximum absolute atomic E-state index is 11.4. The first kappa shape index (κ1) is 17.0. The van der Waals surface area contributed by atoms with Crippen molar-refractivity contribution in [3.8, 4) is 11.3 Å². The van der Waals surface area contributed by atoms with Crippen LogP contribution in [0.5, 0.6) is 0 Å². The molecular weight excluding hydrogens is 322 g/mol. The normalized spacial score (nSPS) is 21.2. The number of aliphatic carboxylic acids is 1. The molecular formula is C18H23N3O2S. The molecule has 0 unspecified atom stereocenters. The molecule has 2 aromatic rings. The van der Waals surface area contributed by atoms with Crippen LogP contribution < -0.4 is 0 Å². The van der Waals surface area contributed by atoms with Gasteiger partial charge in [-0.05, 0) is 31.9 Å². The molecule has 1 aromatic heterocycles. The molecule has 1 aliphatic heterocycles. The Hall–Kier alpha value is -1.79. The number of rotatable bonds is 6. The summed E-state index contributed by atoms with van der Waals surface area (Å²) in [6, 6.07) is 9.97. The van der Waals surface area contributed by atoms with E-state index < -0.39 is 12.0 Å². The number of imidazole rings is 1. The third kappa shape index (κ3) is 3.35. The fourth-order valence-corrected chi connectivity index (χ4v) is 3.84. The maximum Gasteiger partial charge on any atom is 0.320 e. The highest BCUT2D eigenvalue weighted by atomic mass is 32.2. The summed E-state index contributed by atoms with van der Waals surface area (Å²) >= 11 is 1.82. The minimum Gasteiger partial charge on any atom is -0.480 e.